The summed E-state index contributed by atoms with van der Waals surface area (Å²) >= 11 is 0. The number of hydrogen-bond acceptors (Lipinski definition) is 2. The van der Waals surface area contributed by atoms with Crippen LogP contribution in [0.3, 0.4) is 0 Å². The fourth-order valence-electron chi connectivity index (χ4n) is 2.65. The third kappa shape index (κ3) is 32.9. The van der Waals surface area contributed by atoms with Crippen LogP contribution in [0.15, 0.2) is 0 Å². The Hall–Kier alpha value is -0.860. The van der Waals surface area contributed by atoms with Gasteiger partial charge < -0.3 is 9.90 Å². The summed E-state index contributed by atoms with van der Waals surface area (Å²) in [6.07, 6.45) is 20.2. The third-order valence-corrected chi connectivity index (χ3v) is 3.99. The molecular weight excluding hydrogens is 300 g/mol. The number of carbonyl (C=O) groups is 2. The van der Waals surface area contributed by atoms with Crippen LogP contribution in [-0.2, 0) is 9.59 Å². The molecule has 0 spiro atoms. The molecule has 24 heavy (non-hydrogen) atoms. The van der Waals surface area contributed by atoms with Gasteiger partial charge in [-0.15, -0.1) is 0 Å². The summed E-state index contributed by atoms with van der Waals surface area (Å²) in [5, 5.41) is 8.52. The highest BCUT2D eigenvalue weighted by Crippen LogP contribution is 2.13. The van der Waals surface area contributed by atoms with Crippen molar-refractivity contribution in [2.24, 2.45) is 0 Å². The van der Waals surface area contributed by atoms with Gasteiger partial charge in [0.05, 0.1) is 0 Å². The highest BCUT2D eigenvalue weighted by atomic mass is 16.4. The van der Waals surface area contributed by atoms with Crippen LogP contribution < -0.4 is 0 Å². The largest absolute Gasteiger partial charge is 0.481 e. The monoisotopic (exact) mass is 342 g/mol. The van der Waals surface area contributed by atoms with Crippen molar-refractivity contribution in [3.63, 3.8) is 0 Å². The zero-order valence-electron chi connectivity index (χ0n) is 16.6. The van der Waals surface area contributed by atoms with Crippen molar-refractivity contribution in [1.82, 2.24) is 0 Å². The highest BCUT2D eigenvalue weighted by Gasteiger charge is 1.97. The number of unbranched alkanes of at least 4 members (excludes halogenated alkanes) is 14. The van der Waals surface area contributed by atoms with Crippen molar-refractivity contribution < 1.29 is 14.7 Å². The second-order valence-corrected chi connectivity index (χ2v) is 7.00. The Morgan fingerprint density at radius 1 is 0.583 bits per heavy atom. The molecule has 0 aromatic rings. The van der Waals surface area contributed by atoms with Crippen molar-refractivity contribution in [3.05, 3.63) is 0 Å². The van der Waals surface area contributed by atoms with Gasteiger partial charge in [0, 0.05) is 6.42 Å². The number of carbonyl (C=O) groups excluding carboxylic acids is 1. The summed E-state index contributed by atoms with van der Waals surface area (Å²) < 4.78 is 0. The minimum absolute atomic E-state index is 0.167. The molecule has 3 nitrogen and oxygen atoms in total. The fourth-order valence-corrected chi connectivity index (χ4v) is 2.65. The summed E-state index contributed by atoms with van der Waals surface area (Å²) in [5.74, 6) is -0.486. The van der Waals surface area contributed by atoms with Crippen LogP contribution in [0.4, 0.5) is 0 Å². The molecule has 0 bridgehead atoms. The maximum absolute atomic E-state index is 10.3. The first-order chi connectivity index (χ1) is 11.5. The summed E-state index contributed by atoms with van der Waals surface area (Å²) in [6, 6.07) is 0. The molecule has 0 atom stereocenters. The minimum atomic E-state index is -0.653. The first-order valence-corrected chi connectivity index (χ1v) is 10.2. The number of Topliss-reactive ketones (excluding diaryl/α,β-unsaturated/α-hetero) is 1. The predicted molar refractivity (Wildman–Crippen MR) is 104 cm³/mol. The van der Waals surface area contributed by atoms with Crippen molar-refractivity contribution in [3.8, 4) is 0 Å². The Morgan fingerprint density at radius 2 is 0.833 bits per heavy atom. The van der Waals surface area contributed by atoms with Crippen molar-refractivity contribution in [1.29, 1.82) is 0 Å². The van der Waals surface area contributed by atoms with Gasteiger partial charge in [-0.05, 0) is 20.3 Å². The molecule has 1 N–H and O–H groups in total. The summed E-state index contributed by atoms with van der Waals surface area (Å²) in [7, 11) is 0. The third-order valence-electron chi connectivity index (χ3n) is 3.99. The maximum atomic E-state index is 10.3. The quantitative estimate of drug-likeness (QED) is 0.309. The number of ketones is 1. The van der Waals surface area contributed by atoms with Gasteiger partial charge in [-0.2, -0.15) is 0 Å². The normalized spacial score (nSPS) is 10.1. The number of hydrogen-bond donors (Lipinski definition) is 1. The van der Waals surface area contributed by atoms with E-state index in [-0.39, 0.29) is 5.78 Å². The zero-order chi connectivity index (χ0) is 18.5. The summed E-state index contributed by atoms with van der Waals surface area (Å²) in [4.78, 5) is 19.8. The Bertz CT molecular complexity index is 270. The molecule has 3 heteroatoms. The summed E-state index contributed by atoms with van der Waals surface area (Å²) in [5.41, 5.74) is 0. The van der Waals surface area contributed by atoms with E-state index in [9.17, 15) is 9.59 Å². The second-order valence-electron chi connectivity index (χ2n) is 7.00. The van der Waals surface area contributed by atoms with E-state index in [1.165, 1.54) is 97.3 Å². The van der Waals surface area contributed by atoms with Crippen LogP contribution in [0.1, 0.15) is 124 Å². The van der Waals surface area contributed by atoms with Crippen LogP contribution in [0.2, 0.25) is 0 Å². The van der Waals surface area contributed by atoms with Crippen molar-refractivity contribution in [2.45, 2.75) is 124 Å². The lowest BCUT2D eigenvalue weighted by Gasteiger charge is -2.03. The molecule has 0 aliphatic heterocycles. The molecule has 0 aromatic heterocycles. The van der Waals surface area contributed by atoms with Gasteiger partial charge in [0.15, 0.2) is 0 Å². The molecule has 0 rings (SSSR count). The number of rotatable bonds is 16. The average Bonchev–Trinajstić information content (AvgIpc) is 2.50. The molecule has 0 aliphatic carbocycles. The molecule has 0 unspecified atom stereocenters. The van der Waals surface area contributed by atoms with E-state index in [2.05, 4.69) is 6.92 Å². The van der Waals surface area contributed by atoms with Gasteiger partial charge in [0.2, 0.25) is 0 Å². The van der Waals surface area contributed by atoms with Crippen LogP contribution in [0, 0.1) is 0 Å². The van der Waals surface area contributed by atoms with Crippen LogP contribution in [-0.4, -0.2) is 16.9 Å². The second kappa shape index (κ2) is 22.1. The molecule has 0 aliphatic rings. The molecule has 0 amide bonds. The smallest absolute Gasteiger partial charge is 0.303 e. The number of carboxylic acid groups (broad SMARTS) is 1. The summed E-state index contributed by atoms with van der Waals surface area (Å²) in [6.45, 7) is 5.33. The van der Waals surface area contributed by atoms with Crippen molar-refractivity contribution >= 4 is 11.8 Å². The molecule has 0 heterocycles. The van der Waals surface area contributed by atoms with E-state index >= 15 is 0 Å². The van der Waals surface area contributed by atoms with E-state index < -0.39 is 5.97 Å². The van der Waals surface area contributed by atoms with E-state index in [1.54, 1.807) is 0 Å². The van der Waals surface area contributed by atoms with Crippen molar-refractivity contribution in [2.75, 3.05) is 0 Å². The van der Waals surface area contributed by atoms with Crippen LogP contribution in [0.25, 0.3) is 0 Å². The molecule has 144 valence electrons. The Morgan fingerprint density at radius 3 is 1.08 bits per heavy atom. The molecule has 0 radical (unpaired) electrons. The van der Waals surface area contributed by atoms with Gasteiger partial charge in [-0.3, -0.25) is 4.79 Å². The highest BCUT2D eigenvalue weighted by molar-refractivity contribution is 5.72. The van der Waals surface area contributed by atoms with Crippen LogP contribution in [0.5, 0.6) is 0 Å². The van der Waals surface area contributed by atoms with Crippen LogP contribution >= 0.6 is 0 Å². The van der Waals surface area contributed by atoms with E-state index in [0.717, 1.165) is 12.8 Å². The molecular formula is C21H42O3. The molecule has 0 aromatic carbocycles. The Balaban J connectivity index is 0. The number of aliphatic carboxylic acids is 1. The minimum Gasteiger partial charge on any atom is -0.481 e. The number of carboxylic acids is 1. The van der Waals surface area contributed by atoms with Gasteiger partial charge in [0.1, 0.15) is 5.78 Å². The van der Waals surface area contributed by atoms with Gasteiger partial charge in [-0.25, -0.2) is 0 Å². The molecule has 0 saturated heterocycles. The zero-order valence-corrected chi connectivity index (χ0v) is 16.6. The van der Waals surface area contributed by atoms with Gasteiger partial charge in [-0.1, -0.05) is 96.8 Å². The Kier molecular flexibility index (Phi) is 23.4. The lowest BCUT2D eigenvalue weighted by molar-refractivity contribution is -0.137. The predicted octanol–water partition coefficient (Wildman–Crippen LogP) is 6.93. The topological polar surface area (TPSA) is 54.4 Å². The fraction of sp³-hybridized carbons (Fsp3) is 0.905. The first-order valence-electron chi connectivity index (χ1n) is 10.2. The van der Waals surface area contributed by atoms with Gasteiger partial charge in [0.25, 0.3) is 0 Å². The average molecular weight is 343 g/mol. The van der Waals surface area contributed by atoms with E-state index in [4.69, 9.17) is 5.11 Å². The SMILES string of the molecule is CC(C)=O.CCCCCCCCCCCCCCCCCC(=O)O. The standard InChI is InChI=1S/C18H36O2.C3H6O/c1-2-3-4-5-6-7-8-9-10-11-12-13-14-15-16-17-18(19)20;1-3(2)4/h2-17H2,1H3,(H,19,20);1-2H3. The van der Waals surface area contributed by atoms with Gasteiger partial charge >= 0.3 is 5.97 Å². The van der Waals surface area contributed by atoms with E-state index in [1.807, 2.05) is 0 Å². The molecule has 0 fully saturated rings. The Labute approximate surface area is 150 Å². The lowest BCUT2D eigenvalue weighted by Crippen LogP contribution is -1.93. The first kappa shape index (κ1) is 25.4. The maximum Gasteiger partial charge on any atom is 0.303 e. The van der Waals surface area contributed by atoms with E-state index in [0.29, 0.717) is 6.42 Å². The lowest BCUT2D eigenvalue weighted by atomic mass is 10.0. The molecule has 0 saturated carbocycles.